The van der Waals surface area contributed by atoms with Gasteiger partial charge in [-0.05, 0) is 37.6 Å². The van der Waals surface area contributed by atoms with E-state index in [1.165, 1.54) is 0 Å². The van der Waals surface area contributed by atoms with Crippen LogP contribution in [0, 0.1) is 0 Å². The molecule has 0 saturated carbocycles. The normalized spacial score (nSPS) is 13.5. The third-order valence-electron chi connectivity index (χ3n) is 3.31. The van der Waals surface area contributed by atoms with E-state index in [9.17, 15) is 4.79 Å². The van der Waals surface area contributed by atoms with Gasteiger partial charge in [-0.3, -0.25) is 10.1 Å². The number of hydrogen-bond donors (Lipinski definition) is 2. The summed E-state index contributed by atoms with van der Waals surface area (Å²) in [5.74, 6) is -0.0693. The summed E-state index contributed by atoms with van der Waals surface area (Å²) in [7, 11) is 0. The Morgan fingerprint density at radius 1 is 1.00 bits per heavy atom. The number of halogens is 1. The van der Waals surface area contributed by atoms with Crippen LogP contribution in [0.1, 0.15) is 25.5 Å². The molecule has 1 unspecified atom stereocenters. The molecule has 2 aromatic rings. The summed E-state index contributed by atoms with van der Waals surface area (Å²) in [5, 5.41) is 6.84. The topological polar surface area (TPSA) is 41.1 Å². The largest absolute Gasteiger partial charge is 0.325 e. The van der Waals surface area contributed by atoms with Gasteiger partial charge in [-0.1, -0.05) is 48.0 Å². The van der Waals surface area contributed by atoms with Crippen molar-refractivity contribution in [2.45, 2.75) is 25.9 Å². The molecule has 2 rings (SSSR count). The maximum atomic E-state index is 12.2. The number of carbonyl (C=O) groups is 1. The van der Waals surface area contributed by atoms with E-state index < -0.39 is 0 Å². The molecular formula is C17H19ClN2O. The molecule has 2 aromatic carbocycles. The van der Waals surface area contributed by atoms with E-state index >= 15 is 0 Å². The van der Waals surface area contributed by atoms with Gasteiger partial charge in [-0.15, -0.1) is 0 Å². The number of anilines is 1. The highest BCUT2D eigenvalue weighted by Gasteiger charge is 2.17. The summed E-state index contributed by atoms with van der Waals surface area (Å²) in [6.45, 7) is 3.83. The number of hydrogen-bond acceptors (Lipinski definition) is 2. The first-order valence-electron chi connectivity index (χ1n) is 6.94. The highest BCUT2D eigenvalue weighted by atomic mass is 35.5. The Morgan fingerprint density at radius 2 is 1.62 bits per heavy atom. The van der Waals surface area contributed by atoms with Crippen LogP contribution < -0.4 is 10.6 Å². The van der Waals surface area contributed by atoms with E-state index in [2.05, 4.69) is 10.6 Å². The van der Waals surface area contributed by atoms with Gasteiger partial charge >= 0.3 is 0 Å². The Balaban J connectivity index is 1.96. The number of para-hydroxylation sites is 1. The van der Waals surface area contributed by atoms with Crippen molar-refractivity contribution < 1.29 is 4.79 Å². The number of benzene rings is 2. The Kier molecular flexibility index (Phi) is 5.37. The van der Waals surface area contributed by atoms with Gasteiger partial charge in [0.15, 0.2) is 0 Å². The van der Waals surface area contributed by atoms with Crippen molar-refractivity contribution in [3.8, 4) is 0 Å². The van der Waals surface area contributed by atoms with Crippen molar-refractivity contribution in [1.82, 2.24) is 5.32 Å². The van der Waals surface area contributed by atoms with E-state index in [-0.39, 0.29) is 18.0 Å². The summed E-state index contributed by atoms with van der Waals surface area (Å²) < 4.78 is 0. The summed E-state index contributed by atoms with van der Waals surface area (Å²) in [4.78, 5) is 12.2. The van der Waals surface area contributed by atoms with Crippen LogP contribution in [0.4, 0.5) is 5.69 Å². The molecule has 0 spiro atoms. The molecule has 1 amide bonds. The van der Waals surface area contributed by atoms with E-state index in [0.717, 1.165) is 11.3 Å². The monoisotopic (exact) mass is 302 g/mol. The predicted molar refractivity (Wildman–Crippen MR) is 87.5 cm³/mol. The van der Waals surface area contributed by atoms with Gasteiger partial charge in [0.1, 0.15) is 0 Å². The van der Waals surface area contributed by atoms with Gasteiger partial charge in [0.2, 0.25) is 5.91 Å². The fraction of sp³-hybridized carbons (Fsp3) is 0.235. The first-order valence-corrected chi connectivity index (χ1v) is 7.32. The highest BCUT2D eigenvalue weighted by molar-refractivity contribution is 6.31. The molecule has 110 valence electrons. The minimum atomic E-state index is -0.323. The molecule has 2 atom stereocenters. The molecule has 3 nitrogen and oxygen atoms in total. The van der Waals surface area contributed by atoms with E-state index in [0.29, 0.717) is 5.02 Å². The van der Waals surface area contributed by atoms with E-state index in [1.54, 1.807) is 0 Å². The maximum absolute atomic E-state index is 12.2. The minimum absolute atomic E-state index is 0.00442. The number of rotatable bonds is 5. The molecule has 0 aliphatic carbocycles. The molecule has 21 heavy (non-hydrogen) atoms. The molecule has 0 bridgehead atoms. The zero-order chi connectivity index (χ0) is 15.2. The second-order valence-electron chi connectivity index (χ2n) is 4.99. The predicted octanol–water partition coefficient (Wildman–Crippen LogP) is 4.02. The van der Waals surface area contributed by atoms with Crippen LogP contribution in [-0.4, -0.2) is 11.9 Å². The van der Waals surface area contributed by atoms with Gasteiger partial charge in [-0.2, -0.15) is 0 Å². The maximum Gasteiger partial charge on any atom is 0.241 e. The van der Waals surface area contributed by atoms with E-state index in [4.69, 9.17) is 11.6 Å². The second kappa shape index (κ2) is 7.25. The van der Waals surface area contributed by atoms with Gasteiger partial charge < -0.3 is 5.32 Å². The van der Waals surface area contributed by atoms with Crippen LogP contribution in [0.15, 0.2) is 54.6 Å². The Bertz CT molecular complexity index is 601. The smallest absolute Gasteiger partial charge is 0.241 e. The standard InChI is InChI=1S/C17H19ClN2O/c1-12(15-10-6-7-11-16(15)18)19-13(2)17(21)20-14-8-4-3-5-9-14/h3-13,19H,1-2H3,(H,20,21)/t12-,13?/m0/s1. The van der Waals surface area contributed by atoms with Gasteiger partial charge in [0, 0.05) is 16.8 Å². The highest BCUT2D eigenvalue weighted by Crippen LogP contribution is 2.22. The van der Waals surface area contributed by atoms with Crippen molar-refractivity contribution in [3.05, 3.63) is 65.2 Å². The Morgan fingerprint density at radius 3 is 2.29 bits per heavy atom. The molecule has 0 aliphatic heterocycles. The van der Waals surface area contributed by atoms with Crippen LogP contribution in [0.25, 0.3) is 0 Å². The third-order valence-corrected chi connectivity index (χ3v) is 3.65. The van der Waals surface area contributed by atoms with Crippen LogP contribution in [0.2, 0.25) is 5.02 Å². The molecule has 0 radical (unpaired) electrons. The molecular weight excluding hydrogens is 284 g/mol. The van der Waals surface area contributed by atoms with Crippen LogP contribution >= 0.6 is 11.6 Å². The van der Waals surface area contributed by atoms with Crippen molar-refractivity contribution in [3.63, 3.8) is 0 Å². The van der Waals surface area contributed by atoms with Crippen LogP contribution in [0.5, 0.6) is 0 Å². The number of nitrogens with one attached hydrogen (secondary N) is 2. The SMILES string of the molecule is CC(N[C@@H](C)c1ccccc1Cl)C(=O)Nc1ccccc1. The second-order valence-corrected chi connectivity index (χ2v) is 5.39. The molecule has 0 heterocycles. The lowest BCUT2D eigenvalue weighted by Gasteiger charge is -2.20. The zero-order valence-corrected chi connectivity index (χ0v) is 12.9. The van der Waals surface area contributed by atoms with Gasteiger partial charge in [-0.25, -0.2) is 0 Å². The molecule has 0 fully saturated rings. The molecule has 0 aliphatic rings. The lowest BCUT2D eigenvalue weighted by Crippen LogP contribution is -2.39. The van der Waals surface area contributed by atoms with Crippen molar-refractivity contribution in [2.24, 2.45) is 0 Å². The molecule has 2 N–H and O–H groups in total. The number of amides is 1. The summed E-state index contributed by atoms with van der Waals surface area (Å²) >= 11 is 6.17. The Hall–Kier alpha value is -1.84. The van der Waals surface area contributed by atoms with E-state index in [1.807, 2.05) is 68.4 Å². The lowest BCUT2D eigenvalue weighted by atomic mass is 10.1. The summed E-state index contributed by atoms with van der Waals surface area (Å²) in [5.41, 5.74) is 1.78. The van der Waals surface area contributed by atoms with Crippen LogP contribution in [-0.2, 0) is 4.79 Å². The summed E-state index contributed by atoms with van der Waals surface area (Å²) in [6, 6.07) is 16.7. The zero-order valence-electron chi connectivity index (χ0n) is 12.1. The average Bonchev–Trinajstić information content (AvgIpc) is 2.48. The van der Waals surface area contributed by atoms with Crippen molar-refractivity contribution in [1.29, 1.82) is 0 Å². The third kappa shape index (κ3) is 4.31. The van der Waals surface area contributed by atoms with Crippen LogP contribution in [0.3, 0.4) is 0 Å². The summed E-state index contributed by atoms with van der Waals surface area (Å²) in [6.07, 6.45) is 0. The fourth-order valence-corrected chi connectivity index (χ4v) is 2.44. The fourth-order valence-electron chi connectivity index (χ4n) is 2.14. The van der Waals surface area contributed by atoms with Crippen molar-refractivity contribution in [2.75, 3.05) is 5.32 Å². The van der Waals surface area contributed by atoms with Gasteiger partial charge in [0.05, 0.1) is 6.04 Å². The van der Waals surface area contributed by atoms with Gasteiger partial charge in [0.25, 0.3) is 0 Å². The molecule has 0 aromatic heterocycles. The van der Waals surface area contributed by atoms with Crippen molar-refractivity contribution >= 4 is 23.2 Å². The first kappa shape index (κ1) is 15.5. The Labute approximate surface area is 130 Å². The molecule has 0 saturated heterocycles. The minimum Gasteiger partial charge on any atom is -0.325 e. The lowest BCUT2D eigenvalue weighted by molar-refractivity contribution is -0.117. The quantitative estimate of drug-likeness (QED) is 0.876. The number of carbonyl (C=O) groups excluding carboxylic acids is 1. The average molecular weight is 303 g/mol. The first-order chi connectivity index (χ1) is 10.1. The molecule has 4 heteroatoms.